The number of hydrogen-bond donors (Lipinski definition) is 2. The van der Waals surface area contributed by atoms with Gasteiger partial charge in [-0.2, -0.15) is 0 Å². The number of nitrogen functional groups attached to an aromatic ring is 1. The van der Waals surface area contributed by atoms with E-state index in [4.69, 9.17) is 15.2 Å². The predicted molar refractivity (Wildman–Crippen MR) is 125 cm³/mol. The molecular weight excluding hydrogens is 430 g/mol. The summed E-state index contributed by atoms with van der Waals surface area (Å²) in [5, 5.41) is 0.988. The third-order valence-corrected chi connectivity index (χ3v) is 7.15. The van der Waals surface area contributed by atoms with Crippen LogP contribution in [0.4, 0.5) is 5.82 Å². The number of fused-ring (bicyclic) bond motifs is 3. The quantitative estimate of drug-likeness (QED) is 0.470. The van der Waals surface area contributed by atoms with Gasteiger partial charge in [0.15, 0.2) is 5.82 Å². The lowest BCUT2D eigenvalue weighted by Gasteiger charge is -2.30. The number of ether oxygens (including phenoxy) is 2. The molecule has 0 atom stereocenters. The van der Waals surface area contributed by atoms with Gasteiger partial charge >= 0.3 is 0 Å². The maximum Gasteiger partial charge on any atom is 0.211 e. The highest BCUT2D eigenvalue weighted by Gasteiger charge is 2.25. The molecule has 2 aromatic heterocycles. The number of aromatic nitrogens is 3. The first-order chi connectivity index (χ1) is 15.3. The second kappa shape index (κ2) is 9.70. The van der Waals surface area contributed by atoms with Crippen molar-refractivity contribution in [1.29, 1.82) is 0 Å². The minimum absolute atomic E-state index is 0.130. The normalized spacial score (nSPS) is 16.3. The summed E-state index contributed by atoms with van der Waals surface area (Å²) in [5.74, 6) is 1.15. The Labute approximate surface area is 188 Å². The molecule has 174 valence electrons. The summed E-state index contributed by atoms with van der Waals surface area (Å²) >= 11 is 0. The van der Waals surface area contributed by atoms with Gasteiger partial charge in [0.1, 0.15) is 17.9 Å². The van der Waals surface area contributed by atoms with Gasteiger partial charge in [0.05, 0.1) is 23.4 Å². The van der Waals surface area contributed by atoms with Gasteiger partial charge in [-0.05, 0) is 44.2 Å². The Kier molecular flexibility index (Phi) is 6.94. The van der Waals surface area contributed by atoms with E-state index >= 15 is 0 Å². The fourth-order valence-corrected chi connectivity index (χ4v) is 5.02. The molecule has 1 saturated heterocycles. The van der Waals surface area contributed by atoms with Gasteiger partial charge in [-0.15, -0.1) is 0 Å². The first-order valence-electron chi connectivity index (χ1n) is 11.1. The van der Waals surface area contributed by atoms with E-state index < -0.39 is 10.0 Å². The Bertz CT molecular complexity index is 1190. The molecule has 1 fully saturated rings. The lowest BCUT2D eigenvalue weighted by atomic mass is 10.1. The maximum atomic E-state index is 11.6. The van der Waals surface area contributed by atoms with Crippen molar-refractivity contribution < 1.29 is 17.9 Å². The first kappa shape index (κ1) is 22.9. The van der Waals surface area contributed by atoms with Crippen LogP contribution in [0.2, 0.25) is 0 Å². The van der Waals surface area contributed by atoms with Crippen LogP contribution < -0.4 is 5.73 Å². The zero-order valence-electron chi connectivity index (χ0n) is 18.6. The topological polar surface area (TPSA) is 123 Å². The van der Waals surface area contributed by atoms with E-state index in [-0.39, 0.29) is 6.10 Å². The summed E-state index contributed by atoms with van der Waals surface area (Å²) in [6, 6.07) is 6.23. The number of nitrogens with zero attached hydrogens (tertiary/aromatic N) is 3. The van der Waals surface area contributed by atoms with Crippen LogP contribution in [0.5, 0.6) is 0 Å². The van der Waals surface area contributed by atoms with E-state index in [1.54, 1.807) is 0 Å². The number of rotatable bonds is 9. The Morgan fingerprint density at radius 2 is 2.03 bits per heavy atom. The molecular formula is C22H31N5O4S. The smallest absolute Gasteiger partial charge is 0.211 e. The third-order valence-electron chi connectivity index (χ3n) is 5.84. The third kappa shape index (κ3) is 5.20. The second-order valence-corrected chi connectivity index (χ2v) is 10.2. The number of anilines is 1. The molecule has 3 N–H and O–H groups in total. The van der Waals surface area contributed by atoms with Gasteiger partial charge < -0.3 is 20.2 Å². The fourth-order valence-electron chi connectivity index (χ4n) is 4.15. The van der Waals surface area contributed by atoms with Crippen LogP contribution in [0.25, 0.3) is 21.9 Å². The van der Waals surface area contributed by atoms with Crippen LogP contribution in [0.15, 0.2) is 18.2 Å². The monoisotopic (exact) mass is 461 g/mol. The van der Waals surface area contributed by atoms with Crippen molar-refractivity contribution in [2.24, 2.45) is 0 Å². The molecule has 0 amide bonds. The van der Waals surface area contributed by atoms with Crippen molar-refractivity contribution >= 4 is 37.8 Å². The lowest BCUT2D eigenvalue weighted by Crippen LogP contribution is -2.40. The standard InChI is InChI=1S/C22H31N5O4S/c1-3-30-14-19-25-20-17-7-6-15(13-18(17)24-22(23)21(20)26-19)5-4-12-31-16-8-10-27(11-9-16)32(2,28)29/h6-7,13,16H,3-5,8-12,14H2,1-2H3,(H2,23,24)(H,25,26). The summed E-state index contributed by atoms with van der Waals surface area (Å²) in [6.45, 7) is 4.71. The minimum Gasteiger partial charge on any atom is -0.382 e. The van der Waals surface area contributed by atoms with Crippen molar-refractivity contribution in [3.63, 3.8) is 0 Å². The van der Waals surface area contributed by atoms with Gasteiger partial charge in [-0.25, -0.2) is 22.7 Å². The fraction of sp³-hybridized carbons (Fsp3) is 0.545. The highest BCUT2D eigenvalue weighted by Crippen LogP contribution is 2.27. The molecule has 0 saturated carbocycles. The SMILES string of the molecule is CCOCc1nc2c(N)nc3cc(CCCOC4CCN(S(C)(=O)=O)CC4)ccc3c2[nH]1. The first-order valence-corrected chi connectivity index (χ1v) is 12.9. The molecule has 10 heteroatoms. The Hall–Kier alpha value is -2.27. The molecule has 3 heterocycles. The van der Waals surface area contributed by atoms with E-state index in [2.05, 4.69) is 33.2 Å². The summed E-state index contributed by atoms with van der Waals surface area (Å²) in [7, 11) is -3.10. The molecule has 0 bridgehead atoms. The average molecular weight is 462 g/mol. The average Bonchev–Trinajstić information content (AvgIpc) is 3.20. The molecule has 0 radical (unpaired) electrons. The van der Waals surface area contributed by atoms with E-state index in [0.29, 0.717) is 44.2 Å². The molecule has 1 aromatic carbocycles. The molecule has 32 heavy (non-hydrogen) atoms. The summed E-state index contributed by atoms with van der Waals surface area (Å²) in [4.78, 5) is 12.4. The van der Waals surface area contributed by atoms with Crippen molar-refractivity contribution in [3.8, 4) is 0 Å². The molecule has 3 aromatic rings. The Balaban J connectivity index is 1.34. The summed E-state index contributed by atoms with van der Waals surface area (Å²) in [5.41, 5.74) is 9.74. The molecule has 4 rings (SSSR count). The van der Waals surface area contributed by atoms with Crippen LogP contribution in [-0.4, -0.2) is 66.3 Å². The van der Waals surface area contributed by atoms with E-state index in [1.165, 1.54) is 16.1 Å². The number of benzene rings is 1. The Morgan fingerprint density at radius 1 is 1.25 bits per heavy atom. The van der Waals surface area contributed by atoms with Crippen LogP contribution in [0, 0.1) is 0 Å². The van der Waals surface area contributed by atoms with Crippen LogP contribution in [0.3, 0.4) is 0 Å². The van der Waals surface area contributed by atoms with E-state index in [0.717, 1.165) is 47.9 Å². The molecule has 9 nitrogen and oxygen atoms in total. The number of aromatic amines is 1. The van der Waals surface area contributed by atoms with Gasteiger partial charge in [0.25, 0.3) is 0 Å². The zero-order valence-corrected chi connectivity index (χ0v) is 19.5. The van der Waals surface area contributed by atoms with Crippen molar-refractivity contribution in [2.75, 3.05) is 38.3 Å². The van der Waals surface area contributed by atoms with E-state index in [9.17, 15) is 8.42 Å². The number of piperidine rings is 1. The molecule has 0 unspecified atom stereocenters. The lowest BCUT2D eigenvalue weighted by molar-refractivity contribution is 0.0202. The summed E-state index contributed by atoms with van der Waals surface area (Å²) in [6.07, 6.45) is 4.65. The second-order valence-electron chi connectivity index (χ2n) is 8.23. The van der Waals surface area contributed by atoms with Crippen LogP contribution in [0.1, 0.15) is 37.6 Å². The summed E-state index contributed by atoms with van der Waals surface area (Å²) < 4.78 is 36.2. The highest BCUT2D eigenvalue weighted by molar-refractivity contribution is 7.88. The number of hydrogen-bond acceptors (Lipinski definition) is 7. The van der Waals surface area contributed by atoms with E-state index in [1.807, 2.05) is 6.92 Å². The number of nitrogens with two attached hydrogens (primary N) is 1. The van der Waals surface area contributed by atoms with Crippen LogP contribution in [-0.2, 0) is 32.5 Å². The molecule has 0 spiro atoms. The van der Waals surface area contributed by atoms with Gasteiger partial charge in [0, 0.05) is 31.7 Å². The van der Waals surface area contributed by atoms with Gasteiger partial charge in [-0.3, -0.25) is 0 Å². The number of nitrogens with one attached hydrogen (secondary N) is 1. The van der Waals surface area contributed by atoms with Gasteiger partial charge in [-0.1, -0.05) is 12.1 Å². The largest absolute Gasteiger partial charge is 0.382 e. The highest BCUT2D eigenvalue weighted by atomic mass is 32.2. The molecule has 1 aliphatic heterocycles. The maximum absolute atomic E-state index is 11.6. The van der Waals surface area contributed by atoms with Crippen molar-refractivity contribution in [2.45, 2.75) is 45.3 Å². The number of imidazole rings is 1. The van der Waals surface area contributed by atoms with Crippen molar-refractivity contribution in [3.05, 3.63) is 29.6 Å². The number of pyridine rings is 1. The zero-order chi connectivity index (χ0) is 22.7. The minimum atomic E-state index is -3.10. The number of H-pyrrole nitrogens is 1. The van der Waals surface area contributed by atoms with Gasteiger partial charge in [0.2, 0.25) is 10.0 Å². The van der Waals surface area contributed by atoms with Crippen LogP contribution >= 0.6 is 0 Å². The number of aryl methyl sites for hydroxylation is 1. The number of sulfonamides is 1. The molecule has 1 aliphatic rings. The Morgan fingerprint density at radius 3 is 2.75 bits per heavy atom. The molecule has 0 aliphatic carbocycles. The van der Waals surface area contributed by atoms with Crippen molar-refractivity contribution in [1.82, 2.24) is 19.3 Å². The predicted octanol–water partition coefficient (Wildman–Crippen LogP) is 2.60.